The molecule has 2 fully saturated rings. The van der Waals surface area contributed by atoms with Crippen LogP contribution < -0.4 is 16.4 Å². The number of rotatable bonds is 8. The van der Waals surface area contributed by atoms with E-state index in [1.54, 1.807) is 30.5 Å². The number of imidazole rings is 2. The number of anilines is 1. The fraction of sp³-hybridized carbons (Fsp3) is 0.432. The summed E-state index contributed by atoms with van der Waals surface area (Å²) >= 11 is 1.47. The van der Waals surface area contributed by atoms with Crippen molar-refractivity contribution >= 4 is 52.2 Å². The second kappa shape index (κ2) is 19.3. The van der Waals surface area contributed by atoms with Crippen LogP contribution in [0.25, 0.3) is 4.96 Å². The number of nitrogens with two attached hydrogens (primary N) is 1. The highest BCUT2D eigenvalue weighted by Gasteiger charge is 2.32. The molecule has 0 spiro atoms. The van der Waals surface area contributed by atoms with E-state index in [1.165, 1.54) is 25.4 Å². The normalized spacial score (nSPS) is 17.1. The molecule has 2 aliphatic rings. The van der Waals surface area contributed by atoms with E-state index in [9.17, 15) is 24.0 Å². The summed E-state index contributed by atoms with van der Waals surface area (Å²) in [6.07, 6.45) is 9.91. The van der Waals surface area contributed by atoms with Crippen LogP contribution in [0.5, 0.6) is 0 Å². The summed E-state index contributed by atoms with van der Waals surface area (Å²) in [5.74, 6) is 7.88. The minimum absolute atomic E-state index is 0.000478. The Labute approximate surface area is 312 Å². The third-order valence-electron chi connectivity index (χ3n) is 8.37. The number of fused-ring (bicyclic) bond motifs is 1. The molecule has 5 N–H and O–H groups in total. The first kappa shape index (κ1) is 40.2. The number of carbonyl (C=O) groups is 5. The molecule has 5 heterocycles. The predicted molar refractivity (Wildman–Crippen MR) is 201 cm³/mol. The van der Waals surface area contributed by atoms with E-state index in [1.807, 2.05) is 34.8 Å². The van der Waals surface area contributed by atoms with Crippen LogP contribution in [-0.2, 0) is 23.9 Å². The van der Waals surface area contributed by atoms with Crippen molar-refractivity contribution in [2.45, 2.75) is 71.0 Å². The number of benzene rings is 1. The number of aromatic amines is 1. The summed E-state index contributed by atoms with van der Waals surface area (Å²) in [4.78, 5) is 73.9. The van der Waals surface area contributed by atoms with Crippen molar-refractivity contribution in [1.82, 2.24) is 34.5 Å². The van der Waals surface area contributed by atoms with E-state index in [0.29, 0.717) is 24.4 Å². The number of primary amides is 1. The highest BCUT2D eigenvalue weighted by molar-refractivity contribution is 7.17. The smallest absolute Gasteiger partial charge is 0.407 e. The van der Waals surface area contributed by atoms with E-state index in [4.69, 9.17) is 0 Å². The van der Waals surface area contributed by atoms with Crippen molar-refractivity contribution in [2.75, 3.05) is 32.6 Å². The van der Waals surface area contributed by atoms with Gasteiger partial charge in [0.05, 0.1) is 36.5 Å². The highest BCUT2D eigenvalue weighted by Crippen LogP contribution is 2.31. The van der Waals surface area contributed by atoms with Gasteiger partial charge in [0.1, 0.15) is 23.8 Å². The molecule has 4 amide bonds. The van der Waals surface area contributed by atoms with Gasteiger partial charge in [-0.3, -0.25) is 23.7 Å². The van der Waals surface area contributed by atoms with E-state index in [2.05, 4.69) is 66.6 Å². The third-order valence-corrected chi connectivity index (χ3v) is 9.28. The third kappa shape index (κ3) is 11.7. The number of nitrogens with zero attached hydrogens (tertiary/aromatic N) is 5. The van der Waals surface area contributed by atoms with Crippen molar-refractivity contribution in [3.8, 4) is 11.8 Å². The van der Waals surface area contributed by atoms with Crippen LogP contribution in [0.2, 0.25) is 0 Å². The number of aromatic nitrogens is 4. The van der Waals surface area contributed by atoms with E-state index in [0.717, 1.165) is 65.7 Å². The molecular weight excluding hydrogens is 699 g/mol. The average Bonchev–Trinajstić information content (AvgIpc) is 3.95. The molecule has 53 heavy (non-hydrogen) atoms. The van der Waals surface area contributed by atoms with Gasteiger partial charge >= 0.3 is 6.09 Å². The zero-order valence-electron chi connectivity index (χ0n) is 30.6. The van der Waals surface area contributed by atoms with Crippen LogP contribution in [0.1, 0.15) is 86.9 Å². The average molecular weight is 746 g/mol. The number of amides is 4. The van der Waals surface area contributed by atoms with Gasteiger partial charge in [0.2, 0.25) is 17.7 Å². The van der Waals surface area contributed by atoms with Gasteiger partial charge in [0.15, 0.2) is 10.8 Å². The molecule has 3 aromatic heterocycles. The summed E-state index contributed by atoms with van der Waals surface area (Å²) in [5, 5.41) is 5.34. The largest absolute Gasteiger partial charge is 0.453 e. The minimum Gasteiger partial charge on any atom is -0.453 e. The van der Waals surface area contributed by atoms with Crippen molar-refractivity contribution in [2.24, 2.45) is 11.7 Å². The molecule has 3 atom stereocenters. The molecule has 4 aromatic rings. The number of hydrogen-bond acceptors (Lipinski definition) is 10. The van der Waals surface area contributed by atoms with Crippen LogP contribution in [0.3, 0.4) is 0 Å². The summed E-state index contributed by atoms with van der Waals surface area (Å²) in [7, 11) is 3.23. The maximum atomic E-state index is 12.6. The number of nitrogens with one attached hydrogen (secondary N) is 3. The molecule has 0 radical (unpaired) electrons. The van der Waals surface area contributed by atoms with Gasteiger partial charge in [-0.05, 0) is 62.6 Å². The number of carbonyl (C=O) groups excluding carboxylic acids is 5. The summed E-state index contributed by atoms with van der Waals surface area (Å²) in [6, 6.07) is 8.21. The van der Waals surface area contributed by atoms with E-state index >= 15 is 0 Å². The Morgan fingerprint density at radius 3 is 2.45 bits per heavy atom. The summed E-state index contributed by atoms with van der Waals surface area (Å²) < 4.78 is 6.28. The predicted octanol–water partition coefficient (Wildman–Crippen LogP) is 4.04. The molecule has 0 aliphatic carbocycles. The number of ether oxygens (including phenoxy) is 1. The van der Waals surface area contributed by atoms with Crippen molar-refractivity contribution in [3.05, 3.63) is 70.9 Å². The van der Waals surface area contributed by atoms with Crippen LogP contribution in [0.4, 0.5) is 10.6 Å². The highest BCUT2D eigenvalue weighted by atomic mass is 32.1. The molecule has 0 bridgehead atoms. The molecule has 2 saturated heterocycles. The number of likely N-dealkylation sites (tertiary alicyclic amines) is 2. The Kier molecular flexibility index (Phi) is 14.7. The lowest BCUT2D eigenvalue weighted by molar-refractivity contribution is -0.133. The lowest BCUT2D eigenvalue weighted by Gasteiger charge is -2.24. The topological polar surface area (TPSA) is 197 Å². The number of methoxy groups -OCH3 is 1. The molecule has 0 saturated carbocycles. The molecule has 6 rings (SSSR count). The first-order chi connectivity index (χ1) is 25.4. The van der Waals surface area contributed by atoms with Gasteiger partial charge in [-0.2, -0.15) is 0 Å². The number of hydrogen-bond donors (Lipinski definition) is 4. The first-order valence-electron chi connectivity index (χ1n) is 17.3. The Balaban J connectivity index is 0.000000290. The number of aldehydes is 1. The SMILES string of the molecule is CC(C)CC(=O)N1CCC[C@H]1c1ncc(C#Cc2cn3cc(NC(=O)[C@@H]4CCCN4C)nc3s2)[nH]1.CC(N)=O.COC(=O)NC(C=O)c1ccccc1. The van der Waals surface area contributed by atoms with Gasteiger partial charge in [-0.25, -0.2) is 14.8 Å². The Bertz CT molecular complexity index is 1890. The quantitative estimate of drug-likeness (QED) is 0.152. The first-order valence-corrected chi connectivity index (χ1v) is 18.2. The monoisotopic (exact) mass is 745 g/mol. The molecular formula is C37H47N9O6S. The lowest BCUT2D eigenvalue weighted by atomic mass is 10.1. The maximum absolute atomic E-state index is 12.6. The molecule has 1 unspecified atom stereocenters. The van der Waals surface area contributed by atoms with Crippen molar-refractivity contribution in [1.29, 1.82) is 0 Å². The zero-order valence-corrected chi connectivity index (χ0v) is 31.4. The molecule has 282 valence electrons. The Morgan fingerprint density at radius 2 is 1.83 bits per heavy atom. The second-order valence-corrected chi connectivity index (χ2v) is 14.1. The van der Waals surface area contributed by atoms with Gasteiger partial charge < -0.3 is 35.8 Å². The van der Waals surface area contributed by atoms with Crippen LogP contribution in [0.15, 0.2) is 48.9 Å². The Morgan fingerprint density at radius 1 is 1.11 bits per heavy atom. The zero-order chi connectivity index (χ0) is 38.5. The van der Waals surface area contributed by atoms with Crippen LogP contribution in [0, 0.1) is 17.8 Å². The van der Waals surface area contributed by atoms with Gasteiger partial charge in [0, 0.05) is 26.1 Å². The van der Waals surface area contributed by atoms with Gasteiger partial charge in [-0.1, -0.05) is 55.5 Å². The maximum Gasteiger partial charge on any atom is 0.407 e. The molecule has 15 nitrogen and oxygen atoms in total. The number of likely N-dealkylation sites (N-methyl/N-ethyl adjacent to an activating group) is 1. The van der Waals surface area contributed by atoms with Crippen molar-refractivity contribution in [3.63, 3.8) is 0 Å². The minimum atomic E-state index is -0.649. The fourth-order valence-corrected chi connectivity index (χ4v) is 6.74. The fourth-order valence-electron chi connectivity index (χ4n) is 5.92. The van der Waals surface area contributed by atoms with Crippen molar-refractivity contribution < 1.29 is 28.7 Å². The lowest BCUT2D eigenvalue weighted by Crippen LogP contribution is -2.37. The van der Waals surface area contributed by atoms with Gasteiger partial charge in [0.25, 0.3) is 0 Å². The second-order valence-electron chi connectivity index (χ2n) is 13.1. The van der Waals surface area contributed by atoms with Gasteiger partial charge in [-0.15, -0.1) is 0 Å². The molecule has 2 aliphatic heterocycles. The van der Waals surface area contributed by atoms with Crippen LogP contribution >= 0.6 is 11.3 Å². The molecule has 16 heteroatoms. The summed E-state index contributed by atoms with van der Waals surface area (Å²) in [5.41, 5.74) is 5.93. The molecule has 1 aromatic carbocycles. The Hall–Kier alpha value is -5.53. The summed E-state index contributed by atoms with van der Waals surface area (Å²) in [6.45, 7) is 7.17. The van der Waals surface area contributed by atoms with Crippen LogP contribution in [-0.4, -0.2) is 92.5 Å². The van der Waals surface area contributed by atoms with E-state index < -0.39 is 12.1 Å². The number of H-pyrrole nitrogens is 1. The number of thiazole rings is 1. The van der Waals surface area contributed by atoms with E-state index in [-0.39, 0.29) is 29.8 Å². The standard InChI is InChI=1S/C25H31N7O2S.C10H11NO3.C2H5NO/c1-16(2)12-22(33)32-11-5-6-19(32)23-26-13-17(27-23)8-9-18-14-31-15-21(29-25(31)35-18)28-24(34)20-7-4-10-30(20)3;1-14-10(13)11-9(7-12)8-5-3-2-4-6-8;1-2(3)4/h13-16,19-20H,4-7,10-12H2,1-3H3,(H,26,27)(H,28,34);2-7,9H,1H3,(H,11,13);1H3,(H2,3,4)/t19-,20-;;/m0../s1. The number of alkyl carbamates (subject to hydrolysis) is 1.